The van der Waals surface area contributed by atoms with E-state index in [1.54, 1.807) is 12.1 Å². The van der Waals surface area contributed by atoms with Crippen LogP contribution in [0.4, 0.5) is 5.69 Å². The molecule has 0 saturated carbocycles. The molecule has 0 fully saturated rings. The van der Waals surface area contributed by atoms with Crippen molar-refractivity contribution >= 4 is 58.0 Å². The van der Waals surface area contributed by atoms with Gasteiger partial charge in [0.05, 0.1) is 22.2 Å². The Labute approximate surface area is 198 Å². The van der Waals surface area contributed by atoms with Gasteiger partial charge in [-0.2, -0.15) is 15.4 Å². The van der Waals surface area contributed by atoms with Crippen molar-refractivity contribution in [3.05, 3.63) is 69.7 Å². The fourth-order valence-corrected chi connectivity index (χ4v) is 3.77. The molecule has 0 atom stereocenters. The van der Waals surface area contributed by atoms with Crippen LogP contribution in [-0.2, 0) is 20.8 Å². The summed E-state index contributed by atoms with van der Waals surface area (Å²) in [5.74, 6) is -1.14. The number of dihydropyridines is 1. The molecule has 0 unspecified atom stereocenters. The second kappa shape index (κ2) is 9.36. The van der Waals surface area contributed by atoms with Crippen molar-refractivity contribution in [2.45, 2.75) is 12.8 Å². The topological polar surface area (TPSA) is 112 Å². The number of ketones is 2. The van der Waals surface area contributed by atoms with Crippen molar-refractivity contribution in [3.63, 3.8) is 0 Å². The van der Waals surface area contributed by atoms with Gasteiger partial charge in [-0.1, -0.05) is 53.5 Å². The molecule has 1 amide bonds. The third-order valence-corrected chi connectivity index (χ3v) is 5.39. The van der Waals surface area contributed by atoms with Crippen LogP contribution in [0.2, 0.25) is 10.0 Å². The molecule has 8 nitrogen and oxygen atoms in total. The van der Waals surface area contributed by atoms with Crippen molar-refractivity contribution in [2.24, 2.45) is 10.1 Å². The van der Waals surface area contributed by atoms with Gasteiger partial charge in [-0.25, -0.2) is 4.99 Å². The number of nitriles is 1. The Morgan fingerprint density at radius 3 is 2.42 bits per heavy atom. The summed E-state index contributed by atoms with van der Waals surface area (Å²) in [4.78, 5) is 40.3. The van der Waals surface area contributed by atoms with Crippen LogP contribution in [0.1, 0.15) is 12.0 Å². The molecule has 2 heterocycles. The SMILES string of the molecule is N#CC1=NN(c2cc(Cl)c(OC3=NCC(=O)C(Cc4ccccc4)=C3)c(Cl)c2)C(=O)CC1=O. The lowest BCUT2D eigenvalue weighted by atomic mass is 10.00. The average Bonchev–Trinajstić information content (AvgIpc) is 2.79. The zero-order valence-corrected chi connectivity index (χ0v) is 18.4. The van der Waals surface area contributed by atoms with Crippen molar-refractivity contribution in [2.75, 3.05) is 11.6 Å². The lowest BCUT2D eigenvalue weighted by Crippen LogP contribution is -2.36. The summed E-state index contributed by atoms with van der Waals surface area (Å²) in [5, 5.41) is 13.8. The molecule has 0 aliphatic carbocycles. The number of carbonyl (C=O) groups is 3. The minimum atomic E-state index is -0.654. The number of ether oxygens (including phenoxy) is 1. The Morgan fingerprint density at radius 1 is 1.06 bits per heavy atom. The zero-order valence-electron chi connectivity index (χ0n) is 16.9. The lowest BCUT2D eigenvalue weighted by Gasteiger charge is -2.22. The van der Waals surface area contributed by atoms with E-state index in [0.717, 1.165) is 10.6 Å². The van der Waals surface area contributed by atoms with Crippen LogP contribution in [0.5, 0.6) is 5.75 Å². The number of Topliss-reactive ketones (excluding diaryl/α,β-unsaturated/α-hetero) is 2. The molecule has 0 N–H and O–H groups in total. The second-order valence-corrected chi connectivity index (χ2v) is 7.93. The molecule has 0 saturated heterocycles. The number of nitrogens with zero attached hydrogens (tertiary/aromatic N) is 4. The van der Waals surface area contributed by atoms with Gasteiger partial charge in [-0.05, 0) is 17.7 Å². The number of benzene rings is 2. The van der Waals surface area contributed by atoms with E-state index in [4.69, 9.17) is 33.2 Å². The molecular formula is C23H14Cl2N4O4. The number of halogens is 2. The normalized spacial score (nSPS) is 16.1. The number of rotatable bonds is 4. The lowest BCUT2D eigenvalue weighted by molar-refractivity contribution is -0.124. The van der Waals surface area contributed by atoms with Crippen molar-refractivity contribution in [1.29, 1.82) is 5.26 Å². The number of hydrogen-bond acceptors (Lipinski definition) is 7. The molecule has 2 aromatic rings. The molecule has 2 aliphatic rings. The van der Waals surface area contributed by atoms with Gasteiger partial charge in [0.2, 0.25) is 17.4 Å². The molecule has 10 heteroatoms. The van der Waals surface area contributed by atoms with Crippen LogP contribution in [0, 0.1) is 11.3 Å². The minimum absolute atomic E-state index is 0.0496. The maximum atomic E-state index is 12.3. The van der Waals surface area contributed by atoms with Crippen molar-refractivity contribution in [1.82, 2.24) is 0 Å². The van der Waals surface area contributed by atoms with Gasteiger partial charge in [0.1, 0.15) is 12.6 Å². The van der Waals surface area contributed by atoms with Crippen LogP contribution in [-0.4, -0.2) is 35.6 Å². The maximum Gasteiger partial charge on any atom is 0.255 e. The maximum absolute atomic E-state index is 12.3. The van der Waals surface area contributed by atoms with Crippen molar-refractivity contribution < 1.29 is 19.1 Å². The van der Waals surface area contributed by atoms with Gasteiger partial charge in [-0.15, -0.1) is 0 Å². The third kappa shape index (κ3) is 4.85. The summed E-state index contributed by atoms with van der Waals surface area (Å²) in [5.41, 5.74) is 1.29. The Kier molecular flexibility index (Phi) is 6.36. The van der Waals surface area contributed by atoms with Gasteiger partial charge in [0, 0.05) is 18.1 Å². The molecule has 0 spiro atoms. The summed E-state index contributed by atoms with van der Waals surface area (Å²) >= 11 is 12.7. The fraction of sp³-hybridized carbons (Fsp3) is 0.130. The molecule has 2 aliphatic heterocycles. The van der Waals surface area contributed by atoms with E-state index >= 15 is 0 Å². The van der Waals surface area contributed by atoms with Gasteiger partial charge in [-0.3, -0.25) is 14.4 Å². The fourth-order valence-electron chi connectivity index (χ4n) is 3.22. The highest BCUT2D eigenvalue weighted by atomic mass is 35.5. The molecular weight excluding hydrogens is 467 g/mol. The average molecular weight is 481 g/mol. The highest BCUT2D eigenvalue weighted by Gasteiger charge is 2.29. The van der Waals surface area contributed by atoms with E-state index in [0.29, 0.717) is 12.0 Å². The van der Waals surface area contributed by atoms with E-state index < -0.39 is 18.1 Å². The van der Waals surface area contributed by atoms with Gasteiger partial charge in [0.25, 0.3) is 5.91 Å². The number of anilines is 1. The third-order valence-electron chi connectivity index (χ3n) is 4.82. The molecule has 2 aromatic carbocycles. The van der Waals surface area contributed by atoms with Crippen LogP contribution < -0.4 is 9.75 Å². The first-order chi connectivity index (χ1) is 15.9. The highest BCUT2D eigenvalue weighted by Crippen LogP contribution is 2.38. The van der Waals surface area contributed by atoms with E-state index in [-0.39, 0.29) is 45.4 Å². The first kappa shape index (κ1) is 22.4. The second-order valence-electron chi connectivity index (χ2n) is 7.12. The van der Waals surface area contributed by atoms with Gasteiger partial charge >= 0.3 is 0 Å². The molecule has 33 heavy (non-hydrogen) atoms. The molecule has 164 valence electrons. The largest absolute Gasteiger partial charge is 0.436 e. The molecule has 0 aromatic heterocycles. The first-order valence-electron chi connectivity index (χ1n) is 9.69. The van der Waals surface area contributed by atoms with Gasteiger partial charge < -0.3 is 4.74 Å². The first-order valence-corrected chi connectivity index (χ1v) is 10.4. The van der Waals surface area contributed by atoms with Crippen LogP contribution in [0.25, 0.3) is 0 Å². The van der Waals surface area contributed by atoms with E-state index in [1.165, 1.54) is 12.1 Å². The number of carbonyl (C=O) groups excluding carboxylic acids is 3. The van der Waals surface area contributed by atoms with Crippen LogP contribution in [0.3, 0.4) is 0 Å². The molecule has 0 radical (unpaired) electrons. The summed E-state index contributed by atoms with van der Waals surface area (Å²) < 4.78 is 5.77. The summed E-state index contributed by atoms with van der Waals surface area (Å²) in [6.07, 6.45) is 1.49. The summed E-state index contributed by atoms with van der Waals surface area (Å²) in [6.45, 7) is -0.0662. The van der Waals surface area contributed by atoms with Crippen molar-refractivity contribution in [3.8, 4) is 11.8 Å². The number of aliphatic imine (C=N–C) groups is 1. The van der Waals surface area contributed by atoms with E-state index in [9.17, 15) is 14.4 Å². The van der Waals surface area contributed by atoms with E-state index in [2.05, 4.69) is 10.1 Å². The summed E-state index contributed by atoms with van der Waals surface area (Å²) in [6, 6.07) is 13.9. The predicted octanol–water partition coefficient (Wildman–Crippen LogP) is 3.71. The molecule has 4 rings (SSSR count). The quantitative estimate of drug-likeness (QED) is 0.618. The highest BCUT2D eigenvalue weighted by molar-refractivity contribution is 6.50. The Hall–Kier alpha value is -3.80. The Morgan fingerprint density at radius 2 is 1.76 bits per heavy atom. The standard InChI is InChI=1S/C23H14Cl2N4O4/c24-16-8-15(29-22(32)10-19(30)18(11-26)28-29)9-17(25)23(16)33-21-7-14(20(31)12-27-21)6-13-4-2-1-3-5-13/h1-5,7-9H,6,10,12H2. The minimum Gasteiger partial charge on any atom is -0.436 e. The summed E-state index contributed by atoms with van der Waals surface area (Å²) in [7, 11) is 0. The monoisotopic (exact) mass is 480 g/mol. The van der Waals surface area contributed by atoms with E-state index in [1.807, 2.05) is 30.3 Å². The van der Waals surface area contributed by atoms with Crippen LogP contribution in [0.15, 0.2) is 64.2 Å². The predicted molar refractivity (Wildman–Crippen MR) is 123 cm³/mol. The Bertz CT molecular complexity index is 1290. The Balaban J connectivity index is 1.59. The zero-order chi connectivity index (χ0) is 23.5. The number of hydrogen-bond donors (Lipinski definition) is 0. The smallest absolute Gasteiger partial charge is 0.255 e. The van der Waals surface area contributed by atoms with Gasteiger partial charge in [0.15, 0.2) is 11.5 Å². The van der Waals surface area contributed by atoms with Crippen LogP contribution >= 0.6 is 23.2 Å². The number of hydrazone groups is 1. The number of amides is 1. The molecule has 0 bridgehead atoms.